The lowest BCUT2D eigenvalue weighted by molar-refractivity contribution is -0.139. The molecule has 1 aliphatic heterocycles. The summed E-state index contributed by atoms with van der Waals surface area (Å²) in [5.41, 5.74) is 5.60. The SMILES string of the molecule is C=C1[C@H](COC(F)F)CN(C(=O)[C@@H](NC(=O)OC)C(C)C)[C@@H]1c1ncc(-c2ccc(-c3ccc(-c4cnc(CN(CCC)C(=O)[C@@H](NC(=O)OC)C(C)C)[nH]4)cc3)cc2)[nH]1. The summed E-state index contributed by atoms with van der Waals surface area (Å²) in [5.74, 6) is -0.690. The number of methoxy groups -OCH3 is 2. The monoisotopic (exact) mass is 832 g/mol. The smallest absolute Gasteiger partial charge is 0.407 e. The predicted octanol–water partition coefficient (Wildman–Crippen LogP) is 6.93. The molecule has 0 unspecified atom stereocenters. The van der Waals surface area contributed by atoms with Crippen LogP contribution in [-0.2, 0) is 30.3 Å². The Morgan fingerprint density at radius 3 is 1.87 bits per heavy atom. The number of carbonyl (C=O) groups is 4. The molecule has 4 amide bonds. The van der Waals surface area contributed by atoms with Gasteiger partial charge in [-0.1, -0.05) is 89.7 Å². The highest BCUT2D eigenvalue weighted by Crippen LogP contribution is 2.40. The standard InChI is InChI=1S/C43H54F2N8O7/c1-9-18-52(39(54)35(24(2)3)50-42(56)58-7)22-34-46-19-32(48-34)29-14-10-27(11-15-29)28-12-16-30(17-13-28)33-20-47-38(49-33)37-26(6)31(23-60-41(44)45)21-53(37)40(55)36(25(4)5)51-43(57)59-8/h10-17,19-20,24-25,31,35-37,41H,6,9,18,21-23H2,1-5,7-8H3,(H,46,48)(H,47,49)(H,50,56)(H,51,57)/t31-,35-,36-,37-/m0/s1. The zero-order chi connectivity index (χ0) is 43.7. The highest BCUT2D eigenvalue weighted by molar-refractivity contribution is 5.87. The number of likely N-dealkylation sites (tertiary alicyclic amines) is 1. The number of H-pyrrole nitrogens is 2. The fourth-order valence-electron chi connectivity index (χ4n) is 7.16. The molecule has 4 atom stereocenters. The van der Waals surface area contributed by atoms with Crippen LogP contribution < -0.4 is 10.6 Å². The molecule has 322 valence electrons. The largest absolute Gasteiger partial charge is 0.453 e. The quantitative estimate of drug-likeness (QED) is 0.0820. The Bertz CT molecular complexity index is 2100. The van der Waals surface area contributed by atoms with Crippen molar-refractivity contribution in [3.05, 3.63) is 84.7 Å². The minimum absolute atomic E-state index is 0.0429. The fraction of sp³-hybridized carbons (Fsp3) is 0.442. The van der Waals surface area contributed by atoms with Gasteiger partial charge in [-0.05, 0) is 46.1 Å². The molecule has 0 saturated carbocycles. The molecule has 0 bridgehead atoms. The highest BCUT2D eigenvalue weighted by atomic mass is 19.3. The molecule has 1 aliphatic rings. The average molecular weight is 833 g/mol. The van der Waals surface area contributed by atoms with Gasteiger partial charge in [-0.2, -0.15) is 8.78 Å². The van der Waals surface area contributed by atoms with Crippen LogP contribution in [0.25, 0.3) is 33.6 Å². The van der Waals surface area contributed by atoms with E-state index in [-0.39, 0.29) is 37.4 Å². The molecule has 17 heteroatoms. The zero-order valence-electron chi connectivity index (χ0n) is 35.0. The van der Waals surface area contributed by atoms with Gasteiger partial charge in [0.15, 0.2) is 0 Å². The van der Waals surface area contributed by atoms with Crippen molar-refractivity contribution in [1.29, 1.82) is 0 Å². The van der Waals surface area contributed by atoms with Crippen LogP contribution in [0.1, 0.15) is 58.7 Å². The van der Waals surface area contributed by atoms with Gasteiger partial charge in [0.1, 0.15) is 29.8 Å². The number of alkyl carbamates (subject to hydrolysis) is 2. The number of aromatic nitrogens is 4. The van der Waals surface area contributed by atoms with Gasteiger partial charge in [0.25, 0.3) is 0 Å². The van der Waals surface area contributed by atoms with Crippen molar-refractivity contribution >= 4 is 24.0 Å². The number of halogens is 2. The molecule has 0 aliphatic carbocycles. The van der Waals surface area contributed by atoms with Crippen LogP contribution in [-0.4, -0.2) is 106 Å². The second-order valence-electron chi connectivity index (χ2n) is 15.3. The molecule has 5 rings (SSSR count). The summed E-state index contributed by atoms with van der Waals surface area (Å²) in [7, 11) is 2.47. The van der Waals surface area contributed by atoms with Crippen LogP contribution in [0.2, 0.25) is 0 Å². The van der Waals surface area contributed by atoms with Crippen molar-refractivity contribution < 1.29 is 42.2 Å². The Morgan fingerprint density at radius 2 is 1.35 bits per heavy atom. The van der Waals surface area contributed by atoms with E-state index < -0.39 is 48.7 Å². The van der Waals surface area contributed by atoms with Gasteiger partial charge in [0.05, 0.1) is 51.2 Å². The first-order chi connectivity index (χ1) is 28.6. The third-order valence-electron chi connectivity index (χ3n) is 10.4. The molecule has 1 fully saturated rings. The number of alkyl halides is 2. The third kappa shape index (κ3) is 10.7. The Labute approximate surface area is 348 Å². The number of nitrogens with one attached hydrogen (secondary N) is 4. The molecular formula is C43H54F2N8O7. The van der Waals surface area contributed by atoms with Crippen molar-refractivity contribution in [3.8, 4) is 33.6 Å². The maximum atomic E-state index is 13.9. The van der Waals surface area contributed by atoms with Gasteiger partial charge in [-0.25, -0.2) is 19.6 Å². The number of hydrogen-bond acceptors (Lipinski definition) is 9. The first-order valence-electron chi connectivity index (χ1n) is 19.8. The van der Waals surface area contributed by atoms with Crippen LogP contribution >= 0.6 is 0 Å². The molecule has 0 spiro atoms. The summed E-state index contributed by atoms with van der Waals surface area (Å²) in [6, 6.07) is 13.3. The van der Waals surface area contributed by atoms with Crippen LogP contribution in [0.4, 0.5) is 18.4 Å². The predicted molar refractivity (Wildman–Crippen MR) is 220 cm³/mol. The van der Waals surface area contributed by atoms with Crippen LogP contribution in [0.3, 0.4) is 0 Å². The summed E-state index contributed by atoms with van der Waals surface area (Å²) in [6.45, 7) is 10.9. The van der Waals surface area contributed by atoms with Gasteiger partial charge in [-0.15, -0.1) is 0 Å². The molecule has 0 radical (unpaired) electrons. The Kier molecular flexibility index (Phi) is 15.2. The van der Waals surface area contributed by atoms with Crippen LogP contribution in [0, 0.1) is 17.8 Å². The van der Waals surface area contributed by atoms with E-state index in [1.165, 1.54) is 19.1 Å². The van der Waals surface area contributed by atoms with Crippen LogP contribution in [0.15, 0.2) is 73.1 Å². The van der Waals surface area contributed by atoms with Crippen molar-refractivity contribution in [3.63, 3.8) is 0 Å². The molecular weight excluding hydrogens is 779 g/mol. The summed E-state index contributed by atoms with van der Waals surface area (Å²) in [5, 5.41) is 5.24. The molecule has 4 aromatic rings. The van der Waals surface area contributed by atoms with E-state index in [0.717, 1.165) is 34.4 Å². The summed E-state index contributed by atoms with van der Waals surface area (Å²) >= 11 is 0. The number of hydrogen-bond donors (Lipinski definition) is 4. The van der Waals surface area contributed by atoms with Crippen molar-refractivity contribution in [2.75, 3.05) is 33.9 Å². The number of aromatic amines is 2. The van der Waals surface area contributed by atoms with E-state index in [4.69, 9.17) is 9.47 Å². The van der Waals surface area contributed by atoms with Gasteiger partial charge < -0.3 is 44.6 Å². The van der Waals surface area contributed by atoms with Crippen molar-refractivity contribution in [2.45, 2.75) is 72.3 Å². The van der Waals surface area contributed by atoms with E-state index in [0.29, 0.717) is 29.5 Å². The first-order valence-corrected chi connectivity index (χ1v) is 19.8. The molecule has 3 heterocycles. The van der Waals surface area contributed by atoms with E-state index in [1.807, 2.05) is 69.3 Å². The van der Waals surface area contributed by atoms with Gasteiger partial charge in [0, 0.05) is 19.0 Å². The number of carbonyl (C=O) groups excluding carboxylic acids is 4. The number of ether oxygens (including phenoxy) is 3. The third-order valence-corrected chi connectivity index (χ3v) is 10.4. The average Bonchev–Trinajstić information content (AvgIpc) is 3.99. The first kappa shape index (κ1) is 45.0. The lowest BCUT2D eigenvalue weighted by Gasteiger charge is -2.30. The minimum Gasteiger partial charge on any atom is -0.453 e. The number of nitrogens with zero attached hydrogens (tertiary/aromatic N) is 4. The summed E-state index contributed by atoms with van der Waals surface area (Å²) in [4.78, 5) is 70.3. The molecule has 2 aromatic heterocycles. The number of rotatable bonds is 17. The Balaban J connectivity index is 1.29. The maximum absolute atomic E-state index is 13.9. The highest BCUT2D eigenvalue weighted by Gasteiger charge is 2.44. The van der Waals surface area contributed by atoms with Crippen LogP contribution in [0.5, 0.6) is 0 Å². The van der Waals surface area contributed by atoms with Crippen molar-refractivity contribution in [1.82, 2.24) is 40.4 Å². The summed E-state index contributed by atoms with van der Waals surface area (Å²) in [6.07, 6.45) is 2.67. The Morgan fingerprint density at radius 1 is 0.833 bits per heavy atom. The number of imidazole rings is 2. The lowest BCUT2D eigenvalue weighted by atomic mass is 9.99. The van der Waals surface area contributed by atoms with E-state index in [1.54, 1.807) is 31.1 Å². The maximum Gasteiger partial charge on any atom is 0.407 e. The molecule has 2 aromatic carbocycles. The summed E-state index contributed by atoms with van der Waals surface area (Å²) < 4.78 is 40.1. The van der Waals surface area contributed by atoms with E-state index in [2.05, 4.69) is 41.9 Å². The zero-order valence-corrected chi connectivity index (χ0v) is 35.0. The fourth-order valence-corrected chi connectivity index (χ4v) is 7.16. The second kappa shape index (κ2) is 20.2. The second-order valence-corrected chi connectivity index (χ2v) is 15.3. The number of benzene rings is 2. The molecule has 1 saturated heterocycles. The van der Waals surface area contributed by atoms with E-state index in [9.17, 15) is 28.0 Å². The lowest BCUT2D eigenvalue weighted by Crippen LogP contribution is -2.51. The normalized spacial score (nSPS) is 16.3. The minimum atomic E-state index is -2.98. The molecule has 4 N–H and O–H groups in total. The number of amides is 4. The molecule has 60 heavy (non-hydrogen) atoms. The van der Waals surface area contributed by atoms with Crippen molar-refractivity contribution in [2.24, 2.45) is 17.8 Å². The Hall–Kier alpha value is -6.10. The van der Waals surface area contributed by atoms with Gasteiger partial charge in [-0.3, -0.25) is 9.59 Å². The van der Waals surface area contributed by atoms with Gasteiger partial charge in [0.2, 0.25) is 11.8 Å². The molecule has 15 nitrogen and oxygen atoms in total. The van der Waals surface area contributed by atoms with Gasteiger partial charge >= 0.3 is 18.8 Å². The topological polar surface area (TPSA) is 184 Å². The van der Waals surface area contributed by atoms with E-state index >= 15 is 0 Å².